The third kappa shape index (κ3) is 3.72. The zero-order chi connectivity index (χ0) is 19.4. The Kier molecular flexibility index (Phi) is 5.04. The van der Waals surface area contributed by atoms with E-state index in [1.54, 1.807) is 24.3 Å². The molecule has 3 rings (SSSR count). The SMILES string of the molecule is N#Cc1ccc(-n2c(CCc3ccccc3)cc(O)c(C(N)=O)c2=O)cc1. The molecule has 0 saturated heterocycles. The average molecular weight is 359 g/mol. The maximum Gasteiger partial charge on any atom is 0.271 e. The van der Waals surface area contributed by atoms with E-state index < -0.39 is 22.8 Å². The summed E-state index contributed by atoms with van der Waals surface area (Å²) in [6.07, 6.45) is 1.11. The molecule has 0 aliphatic carbocycles. The Balaban J connectivity index is 2.12. The number of aromatic nitrogens is 1. The van der Waals surface area contributed by atoms with Crippen molar-refractivity contribution in [3.63, 3.8) is 0 Å². The summed E-state index contributed by atoms with van der Waals surface area (Å²) in [5.74, 6) is -1.42. The molecule has 0 aliphatic rings. The molecule has 134 valence electrons. The second-order valence-corrected chi connectivity index (χ2v) is 6.05. The van der Waals surface area contributed by atoms with Gasteiger partial charge >= 0.3 is 0 Å². The summed E-state index contributed by atoms with van der Waals surface area (Å²) in [6, 6.07) is 19.5. The highest BCUT2D eigenvalue weighted by atomic mass is 16.3. The summed E-state index contributed by atoms with van der Waals surface area (Å²) < 4.78 is 1.35. The van der Waals surface area contributed by atoms with Crippen LogP contribution in [0.15, 0.2) is 65.5 Å². The normalized spacial score (nSPS) is 10.3. The summed E-state index contributed by atoms with van der Waals surface area (Å²) in [7, 11) is 0. The first-order valence-electron chi connectivity index (χ1n) is 8.33. The van der Waals surface area contributed by atoms with Crippen molar-refractivity contribution in [3.05, 3.63) is 93.4 Å². The molecular weight excluding hydrogens is 342 g/mol. The first-order valence-corrected chi connectivity index (χ1v) is 8.33. The van der Waals surface area contributed by atoms with Crippen molar-refractivity contribution in [3.8, 4) is 17.5 Å². The lowest BCUT2D eigenvalue weighted by molar-refractivity contribution is 0.0996. The molecule has 2 aromatic carbocycles. The molecule has 1 amide bonds. The fraction of sp³-hybridized carbons (Fsp3) is 0.0952. The van der Waals surface area contributed by atoms with E-state index in [4.69, 9.17) is 11.0 Å². The Hall–Kier alpha value is -3.85. The lowest BCUT2D eigenvalue weighted by Gasteiger charge is -2.15. The van der Waals surface area contributed by atoms with Crippen molar-refractivity contribution in [1.82, 2.24) is 4.57 Å². The van der Waals surface area contributed by atoms with Crippen molar-refractivity contribution in [1.29, 1.82) is 5.26 Å². The van der Waals surface area contributed by atoms with E-state index in [9.17, 15) is 14.7 Å². The van der Waals surface area contributed by atoms with Crippen molar-refractivity contribution in [2.75, 3.05) is 0 Å². The van der Waals surface area contributed by atoms with Gasteiger partial charge in [-0.05, 0) is 42.7 Å². The van der Waals surface area contributed by atoms with Gasteiger partial charge in [-0.3, -0.25) is 14.2 Å². The molecule has 1 aromatic heterocycles. The van der Waals surface area contributed by atoms with Gasteiger partial charge in [0.1, 0.15) is 11.3 Å². The fourth-order valence-corrected chi connectivity index (χ4v) is 2.95. The van der Waals surface area contributed by atoms with Gasteiger partial charge in [-0.15, -0.1) is 0 Å². The van der Waals surface area contributed by atoms with Gasteiger partial charge in [0.2, 0.25) is 0 Å². The van der Waals surface area contributed by atoms with E-state index in [-0.39, 0.29) is 0 Å². The number of aromatic hydroxyl groups is 1. The number of aryl methyl sites for hydroxylation is 2. The Morgan fingerprint density at radius 1 is 1.07 bits per heavy atom. The maximum absolute atomic E-state index is 12.9. The van der Waals surface area contributed by atoms with Gasteiger partial charge in [0.25, 0.3) is 11.5 Å². The number of pyridine rings is 1. The van der Waals surface area contributed by atoms with E-state index in [1.165, 1.54) is 10.6 Å². The molecule has 0 radical (unpaired) electrons. The number of nitriles is 1. The van der Waals surface area contributed by atoms with Gasteiger partial charge in [-0.25, -0.2) is 0 Å². The van der Waals surface area contributed by atoms with Crippen LogP contribution in [0.4, 0.5) is 0 Å². The largest absolute Gasteiger partial charge is 0.507 e. The standard InChI is InChI=1S/C21H17N3O3/c22-13-15-7-9-16(10-8-15)24-17(11-6-14-4-2-1-3-5-14)12-18(25)19(20(23)26)21(24)27/h1-5,7-10,12,25H,6,11H2,(H2,23,26). The molecular formula is C21H17N3O3. The molecule has 0 spiro atoms. The first kappa shape index (κ1) is 18.0. The van der Waals surface area contributed by atoms with Gasteiger partial charge in [0.15, 0.2) is 0 Å². The van der Waals surface area contributed by atoms with Crippen LogP contribution in [-0.2, 0) is 12.8 Å². The van der Waals surface area contributed by atoms with E-state index in [0.717, 1.165) is 5.56 Å². The molecule has 6 nitrogen and oxygen atoms in total. The van der Waals surface area contributed by atoms with Crippen LogP contribution >= 0.6 is 0 Å². The number of nitrogens with two attached hydrogens (primary N) is 1. The van der Waals surface area contributed by atoms with Gasteiger partial charge in [0, 0.05) is 17.4 Å². The minimum absolute atomic E-state index is 0.430. The molecule has 3 aromatic rings. The quantitative estimate of drug-likeness (QED) is 0.728. The molecule has 0 aliphatic heterocycles. The molecule has 0 unspecified atom stereocenters. The predicted octanol–water partition coefficient (Wildman–Crippen LogP) is 2.30. The number of carbonyl (C=O) groups is 1. The van der Waals surface area contributed by atoms with Crippen LogP contribution in [0.5, 0.6) is 5.75 Å². The Morgan fingerprint density at radius 3 is 2.33 bits per heavy atom. The van der Waals surface area contributed by atoms with Crippen LogP contribution in [0.3, 0.4) is 0 Å². The second-order valence-electron chi connectivity index (χ2n) is 6.05. The number of amides is 1. The van der Waals surface area contributed by atoms with Crippen molar-refractivity contribution < 1.29 is 9.90 Å². The summed E-state index contributed by atoms with van der Waals surface area (Å²) in [6.45, 7) is 0. The van der Waals surface area contributed by atoms with Crippen molar-refractivity contribution in [2.24, 2.45) is 5.73 Å². The van der Waals surface area contributed by atoms with E-state index in [1.807, 2.05) is 36.4 Å². The highest BCUT2D eigenvalue weighted by molar-refractivity contribution is 5.95. The van der Waals surface area contributed by atoms with Gasteiger partial charge in [0.05, 0.1) is 11.6 Å². The Morgan fingerprint density at radius 2 is 1.74 bits per heavy atom. The fourth-order valence-electron chi connectivity index (χ4n) is 2.95. The second kappa shape index (κ2) is 7.58. The lowest BCUT2D eigenvalue weighted by atomic mass is 10.1. The molecule has 3 N–H and O–H groups in total. The van der Waals surface area contributed by atoms with Crippen LogP contribution in [0.25, 0.3) is 5.69 Å². The Labute approximate surface area is 155 Å². The maximum atomic E-state index is 12.9. The molecule has 0 bridgehead atoms. The predicted molar refractivity (Wildman–Crippen MR) is 101 cm³/mol. The van der Waals surface area contributed by atoms with Crippen LogP contribution in [-0.4, -0.2) is 15.6 Å². The van der Waals surface area contributed by atoms with Crippen LogP contribution in [0.2, 0.25) is 0 Å². The number of primary amides is 1. The van der Waals surface area contributed by atoms with E-state index >= 15 is 0 Å². The summed E-state index contributed by atoms with van der Waals surface area (Å²) in [4.78, 5) is 24.5. The first-order chi connectivity index (χ1) is 13.0. The number of nitrogens with zero attached hydrogens (tertiary/aromatic N) is 2. The van der Waals surface area contributed by atoms with Gasteiger partial charge in [-0.2, -0.15) is 5.26 Å². The monoisotopic (exact) mass is 359 g/mol. The average Bonchev–Trinajstić information content (AvgIpc) is 2.67. The number of hydrogen-bond donors (Lipinski definition) is 2. The lowest BCUT2D eigenvalue weighted by Crippen LogP contribution is -2.31. The smallest absolute Gasteiger partial charge is 0.271 e. The third-order valence-corrected chi connectivity index (χ3v) is 4.28. The summed E-state index contributed by atoms with van der Waals surface area (Å²) in [5, 5.41) is 19.1. The van der Waals surface area contributed by atoms with Crippen LogP contribution < -0.4 is 11.3 Å². The molecule has 0 atom stereocenters. The highest BCUT2D eigenvalue weighted by Gasteiger charge is 2.19. The van der Waals surface area contributed by atoms with E-state index in [0.29, 0.717) is 29.8 Å². The van der Waals surface area contributed by atoms with Crippen molar-refractivity contribution in [2.45, 2.75) is 12.8 Å². The summed E-state index contributed by atoms with van der Waals surface area (Å²) >= 11 is 0. The number of hydrogen-bond acceptors (Lipinski definition) is 4. The Bertz CT molecular complexity index is 1080. The zero-order valence-electron chi connectivity index (χ0n) is 14.4. The highest BCUT2D eigenvalue weighted by Crippen LogP contribution is 2.20. The molecule has 0 fully saturated rings. The minimum atomic E-state index is -0.991. The molecule has 6 heteroatoms. The summed E-state index contributed by atoms with van der Waals surface area (Å²) in [5.41, 5.74) is 6.68. The van der Waals surface area contributed by atoms with Crippen LogP contribution in [0, 0.1) is 11.3 Å². The minimum Gasteiger partial charge on any atom is -0.507 e. The third-order valence-electron chi connectivity index (χ3n) is 4.28. The van der Waals surface area contributed by atoms with Crippen LogP contribution in [0.1, 0.15) is 27.2 Å². The molecule has 1 heterocycles. The molecule has 0 saturated carbocycles. The zero-order valence-corrected chi connectivity index (χ0v) is 14.4. The van der Waals surface area contributed by atoms with E-state index in [2.05, 4.69) is 0 Å². The topological polar surface area (TPSA) is 109 Å². The number of carbonyl (C=O) groups excluding carboxylic acids is 1. The van der Waals surface area contributed by atoms with Gasteiger partial charge < -0.3 is 10.8 Å². The molecule has 27 heavy (non-hydrogen) atoms. The number of benzene rings is 2. The van der Waals surface area contributed by atoms with Crippen molar-refractivity contribution >= 4 is 5.91 Å². The van der Waals surface area contributed by atoms with Gasteiger partial charge in [-0.1, -0.05) is 30.3 Å². The number of rotatable bonds is 5.